The monoisotopic (exact) mass is 202 g/mol. The van der Waals surface area contributed by atoms with Crippen LogP contribution >= 0.6 is 11.8 Å². The summed E-state index contributed by atoms with van der Waals surface area (Å²) in [4.78, 5) is 2.58. The highest BCUT2D eigenvalue weighted by molar-refractivity contribution is 7.99. The molecule has 0 aliphatic carbocycles. The minimum Gasteiger partial charge on any atom is -0.313 e. The third kappa shape index (κ3) is 3.88. The van der Waals surface area contributed by atoms with Crippen molar-refractivity contribution in [3.63, 3.8) is 0 Å². The topological polar surface area (TPSA) is 15.3 Å². The van der Waals surface area contributed by atoms with Crippen molar-refractivity contribution < 1.29 is 0 Å². The van der Waals surface area contributed by atoms with Crippen LogP contribution in [0.3, 0.4) is 0 Å². The van der Waals surface area contributed by atoms with E-state index in [2.05, 4.69) is 30.3 Å². The molecule has 0 amide bonds. The maximum atomic E-state index is 3.52. The van der Waals surface area contributed by atoms with Crippen LogP contribution in [0.2, 0.25) is 0 Å². The predicted octanol–water partition coefficient (Wildman–Crippen LogP) is 1.42. The second kappa shape index (κ2) is 5.89. The highest BCUT2D eigenvalue weighted by atomic mass is 32.2. The van der Waals surface area contributed by atoms with Gasteiger partial charge in [-0.25, -0.2) is 0 Å². The van der Waals surface area contributed by atoms with E-state index in [1.807, 2.05) is 11.8 Å². The van der Waals surface area contributed by atoms with Gasteiger partial charge in [-0.1, -0.05) is 13.8 Å². The molecule has 0 spiro atoms. The van der Waals surface area contributed by atoms with Gasteiger partial charge in [0, 0.05) is 24.4 Å². The van der Waals surface area contributed by atoms with Crippen LogP contribution in [0.4, 0.5) is 0 Å². The lowest BCUT2D eigenvalue weighted by molar-refractivity contribution is 0.333. The molecule has 1 saturated heterocycles. The summed E-state index contributed by atoms with van der Waals surface area (Å²) in [7, 11) is 0. The molecule has 13 heavy (non-hydrogen) atoms. The highest BCUT2D eigenvalue weighted by Crippen LogP contribution is 2.13. The number of nitrogens with zero attached hydrogens (tertiary/aromatic N) is 1. The van der Waals surface area contributed by atoms with Gasteiger partial charge in [-0.3, -0.25) is 0 Å². The SMILES string of the molecule is CCNC1CCN(CC(C)SC)C1. The van der Waals surface area contributed by atoms with Crippen molar-refractivity contribution in [1.82, 2.24) is 10.2 Å². The third-order valence-electron chi connectivity index (χ3n) is 2.68. The maximum Gasteiger partial charge on any atom is 0.0207 e. The smallest absolute Gasteiger partial charge is 0.0207 e. The van der Waals surface area contributed by atoms with Crippen LogP contribution in [0.5, 0.6) is 0 Å². The summed E-state index contributed by atoms with van der Waals surface area (Å²) in [6.45, 7) is 9.39. The average molecular weight is 202 g/mol. The van der Waals surface area contributed by atoms with E-state index >= 15 is 0 Å². The zero-order chi connectivity index (χ0) is 9.68. The average Bonchev–Trinajstić information content (AvgIpc) is 2.53. The Hall–Kier alpha value is 0.270. The number of likely N-dealkylation sites (N-methyl/N-ethyl adjacent to an activating group) is 1. The van der Waals surface area contributed by atoms with Gasteiger partial charge >= 0.3 is 0 Å². The van der Waals surface area contributed by atoms with Crippen molar-refractivity contribution in [1.29, 1.82) is 0 Å². The zero-order valence-corrected chi connectivity index (χ0v) is 9.86. The Bertz CT molecular complexity index is 141. The van der Waals surface area contributed by atoms with Crippen molar-refractivity contribution >= 4 is 11.8 Å². The van der Waals surface area contributed by atoms with E-state index in [1.165, 1.54) is 26.1 Å². The molecule has 1 heterocycles. The molecule has 0 aromatic heterocycles. The van der Waals surface area contributed by atoms with Crippen molar-refractivity contribution in [2.75, 3.05) is 32.4 Å². The Morgan fingerprint density at radius 3 is 3.00 bits per heavy atom. The fourth-order valence-electron chi connectivity index (χ4n) is 1.89. The molecule has 2 unspecified atom stereocenters. The van der Waals surface area contributed by atoms with E-state index in [9.17, 15) is 0 Å². The molecular weight excluding hydrogens is 180 g/mol. The van der Waals surface area contributed by atoms with Gasteiger partial charge in [0.1, 0.15) is 0 Å². The second-order valence-electron chi connectivity index (χ2n) is 3.85. The van der Waals surface area contributed by atoms with Crippen molar-refractivity contribution in [2.45, 2.75) is 31.6 Å². The maximum absolute atomic E-state index is 3.52. The number of hydrogen-bond donors (Lipinski definition) is 1. The number of nitrogens with one attached hydrogen (secondary N) is 1. The summed E-state index contributed by atoms with van der Waals surface area (Å²) in [5, 5.41) is 4.30. The van der Waals surface area contributed by atoms with E-state index in [4.69, 9.17) is 0 Å². The van der Waals surface area contributed by atoms with E-state index in [0.29, 0.717) is 0 Å². The Balaban J connectivity index is 2.17. The molecule has 78 valence electrons. The number of hydrogen-bond acceptors (Lipinski definition) is 3. The molecule has 1 aliphatic heterocycles. The van der Waals surface area contributed by atoms with Gasteiger partial charge in [-0.15, -0.1) is 0 Å². The summed E-state index contributed by atoms with van der Waals surface area (Å²) in [6.07, 6.45) is 3.53. The molecule has 0 aromatic rings. The van der Waals surface area contributed by atoms with Crippen LogP contribution < -0.4 is 5.32 Å². The predicted molar refractivity (Wildman–Crippen MR) is 61.5 cm³/mol. The first-order valence-electron chi connectivity index (χ1n) is 5.24. The second-order valence-corrected chi connectivity index (χ2v) is 5.13. The Labute approximate surface area is 86.5 Å². The van der Waals surface area contributed by atoms with Crippen LogP contribution in [0.15, 0.2) is 0 Å². The molecule has 1 rings (SSSR count). The van der Waals surface area contributed by atoms with Crippen LogP contribution in [-0.2, 0) is 0 Å². The first-order valence-corrected chi connectivity index (χ1v) is 6.53. The van der Waals surface area contributed by atoms with Gasteiger partial charge in [0.25, 0.3) is 0 Å². The Morgan fingerprint density at radius 1 is 1.62 bits per heavy atom. The fourth-order valence-corrected chi connectivity index (χ4v) is 2.25. The van der Waals surface area contributed by atoms with E-state index < -0.39 is 0 Å². The summed E-state index contributed by atoms with van der Waals surface area (Å²) < 4.78 is 0. The standard InChI is InChI=1S/C10H22N2S/c1-4-11-10-5-6-12(8-10)7-9(2)13-3/h9-11H,4-8H2,1-3H3. The largest absolute Gasteiger partial charge is 0.313 e. The number of thioether (sulfide) groups is 1. The minimum atomic E-state index is 0.749. The molecule has 0 aromatic carbocycles. The minimum absolute atomic E-state index is 0.749. The molecule has 2 nitrogen and oxygen atoms in total. The molecule has 1 N–H and O–H groups in total. The molecule has 2 atom stereocenters. The zero-order valence-electron chi connectivity index (χ0n) is 9.05. The number of likely N-dealkylation sites (tertiary alicyclic amines) is 1. The van der Waals surface area contributed by atoms with Gasteiger partial charge in [0.2, 0.25) is 0 Å². The van der Waals surface area contributed by atoms with Crippen LogP contribution in [0.25, 0.3) is 0 Å². The van der Waals surface area contributed by atoms with Gasteiger partial charge in [0.05, 0.1) is 0 Å². The first kappa shape index (κ1) is 11.3. The molecule has 1 fully saturated rings. The van der Waals surface area contributed by atoms with E-state index in [0.717, 1.165) is 17.8 Å². The molecule has 0 radical (unpaired) electrons. The number of rotatable bonds is 5. The van der Waals surface area contributed by atoms with Crippen molar-refractivity contribution in [3.05, 3.63) is 0 Å². The fraction of sp³-hybridized carbons (Fsp3) is 1.00. The normalized spacial score (nSPS) is 26.5. The van der Waals surface area contributed by atoms with Crippen LogP contribution in [0, 0.1) is 0 Å². The molecule has 3 heteroatoms. The Morgan fingerprint density at radius 2 is 2.38 bits per heavy atom. The molecule has 0 saturated carbocycles. The molecule has 0 bridgehead atoms. The third-order valence-corrected chi connectivity index (χ3v) is 3.64. The Kier molecular flexibility index (Phi) is 5.14. The van der Waals surface area contributed by atoms with E-state index in [-0.39, 0.29) is 0 Å². The summed E-state index contributed by atoms with van der Waals surface area (Å²) in [5.74, 6) is 0. The van der Waals surface area contributed by atoms with Gasteiger partial charge in [-0.05, 0) is 25.8 Å². The quantitative estimate of drug-likeness (QED) is 0.726. The summed E-state index contributed by atoms with van der Waals surface area (Å²) >= 11 is 1.96. The van der Waals surface area contributed by atoms with Gasteiger partial charge < -0.3 is 10.2 Å². The van der Waals surface area contributed by atoms with Crippen molar-refractivity contribution in [2.24, 2.45) is 0 Å². The highest BCUT2D eigenvalue weighted by Gasteiger charge is 2.22. The lowest BCUT2D eigenvalue weighted by Crippen LogP contribution is -2.34. The van der Waals surface area contributed by atoms with Crippen molar-refractivity contribution in [3.8, 4) is 0 Å². The van der Waals surface area contributed by atoms with Crippen LogP contribution in [-0.4, -0.2) is 48.6 Å². The van der Waals surface area contributed by atoms with Crippen LogP contribution in [0.1, 0.15) is 20.3 Å². The summed E-state index contributed by atoms with van der Waals surface area (Å²) in [5.41, 5.74) is 0. The first-order chi connectivity index (χ1) is 6.26. The lowest BCUT2D eigenvalue weighted by Gasteiger charge is -2.19. The van der Waals surface area contributed by atoms with Gasteiger partial charge in [-0.2, -0.15) is 11.8 Å². The lowest BCUT2D eigenvalue weighted by atomic mass is 10.3. The molecular formula is C10H22N2S. The molecule has 1 aliphatic rings. The summed E-state index contributed by atoms with van der Waals surface area (Å²) in [6, 6.07) is 0.749. The van der Waals surface area contributed by atoms with E-state index in [1.54, 1.807) is 0 Å². The van der Waals surface area contributed by atoms with Gasteiger partial charge in [0.15, 0.2) is 0 Å².